The quantitative estimate of drug-likeness (QED) is 0.128. The van der Waals surface area contributed by atoms with E-state index in [0.29, 0.717) is 22.5 Å². The fourth-order valence-corrected chi connectivity index (χ4v) is 3.95. The summed E-state index contributed by atoms with van der Waals surface area (Å²) in [7, 11) is 0. The highest BCUT2D eigenvalue weighted by atomic mass is 16.4. The number of aliphatic imine (C=N–C) groups is 2. The molecular formula is C38H30N4O6. The van der Waals surface area contributed by atoms with Crippen molar-refractivity contribution in [3.63, 3.8) is 0 Å². The maximum atomic E-state index is 10.7. The van der Waals surface area contributed by atoms with Crippen LogP contribution < -0.4 is 0 Å². The van der Waals surface area contributed by atoms with Crippen LogP contribution in [0.2, 0.25) is 0 Å². The number of aromatic carboxylic acids is 2. The highest BCUT2D eigenvalue weighted by Gasteiger charge is 2.02. The molecule has 0 saturated heterocycles. The summed E-state index contributed by atoms with van der Waals surface area (Å²) < 4.78 is 0. The number of nitrogens with zero attached hydrogens (tertiary/aromatic N) is 4. The standard InChI is InChI=1S/2C14H11NO3.C10H8N2/c2*16-13-4-2-1-3-11(13)9-15-12-7-5-10(6-8-12)14(17)18;1-5-11-6-2-9(1)10-3-7-12-8-4-10/h2*1-9,16H,(H,17,18);1-8H. The van der Waals surface area contributed by atoms with Gasteiger partial charge in [0, 0.05) is 48.3 Å². The molecule has 0 atom stereocenters. The lowest BCUT2D eigenvalue weighted by Gasteiger charge is -1.98. The first-order valence-corrected chi connectivity index (χ1v) is 14.4. The number of benzene rings is 4. The van der Waals surface area contributed by atoms with Crippen molar-refractivity contribution in [3.8, 4) is 22.6 Å². The number of para-hydroxylation sites is 2. The zero-order valence-electron chi connectivity index (χ0n) is 25.4. The lowest BCUT2D eigenvalue weighted by Crippen LogP contribution is -1.94. The normalized spacial score (nSPS) is 10.4. The molecule has 0 radical (unpaired) electrons. The van der Waals surface area contributed by atoms with Crippen molar-refractivity contribution >= 4 is 35.7 Å². The zero-order chi connectivity index (χ0) is 34.1. The third-order valence-corrected chi connectivity index (χ3v) is 6.50. The second kappa shape index (κ2) is 17.5. The first-order chi connectivity index (χ1) is 23.3. The summed E-state index contributed by atoms with van der Waals surface area (Å²) in [6, 6.07) is 34.0. The smallest absolute Gasteiger partial charge is 0.335 e. The zero-order valence-corrected chi connectivity index (χ0v) is 25.4. The molecule has 238 valence electrons. The predicted molar refractivity (Wildman–Crippen MR) is 185 cm³/mol. The van der Waals surface area contributed by atoms with Crippen molar-refractivity contribution in [1.29, 1.82) is 0 Å². The number of aromatic nitrogens is 2. The SMILES string of the molecule is O=C(O)c1ccc(N=Cc2ccccc2O)cc1.O=C(O)c1ccc(N=Cc2ccccc2O)cc1.c1cc(-c2ccncc2)ccn1. The molecule has 48 heavy (non-hydrogen) atoms. The van der Waals surface area contributed by atoms with Crippen molar-refractivity contribution in [3.05, 3.63) is 168 Å². The van der Waals surface area contributed by atoms with Gasteiger partial charge in [0.15, 0.2) is 0 Å². The van der Waals surface area contributed by atoms with Gasteiger partial charge in [-0.1, -0.05) is 24.3 Å². The highest BCUT2D eigenvalue weighted by molar-refractivity contribution is 5.89. The molecule has 6 aromatic rings. The summed E-state index contributed by atoms with van der Waals surface area (Å²) >= 11 is 0. The van der Waals surface area contributed by atoms with E-state index in [9.17, 15) is 19.8 Å². The second-order valence-corrected chi connectivity index (χ2v) is 9.81. The van der Waals surface area contributed by atoms with Crippen molar-refractivity contribution in [1.82, 2.24) is 9.97 Å². The van der Waals surface area contributed by atoms with Crippen LogP contribution in [0, 0.1) is 0 Å². The van der Waals surface area contributed by atoms with Crippen molar-refractivity contribution in [2.45, 2.75) is 0 Å². The molecule has 10 nitrogen and oxygen atoms in total. The molecule has 4 aromatic carbocycles. The van der Waals surface area contributed by atoms with Gasteiger partial charge in [-0.3, -0.25) is 20.0 Å². The third-order valence-electron chi connectivity index (χ3n) is 6.50. The number of phenolic OH excluding ortho intramolecular Hbond substituents is 2. The fourth-order valence-electron chi connectivity index (χ4n) is 3.95. The molecule has 0 aliphatic carbocycles. The van der Waals surface area contributed by atoms with Crippen molar-refractivity contribution < 1.29 is 30.0 Å². The van der Waals surface area contributed by atoms with Gasteiger partial charge < -0.3 is 20.4 Å². The lowest BCUT2D eigenvalue weighted by atomic mass is 10.1. The van der Waals surface area contributed by atoms with E-state index >= 15 is 0 Å². The molecule has 0 fully saturated rings. The number of carboxylic acids is 2. The Morgan fingerprint density at radius 1 is 0.479 bits per heavy atom. The highest BCUT2D eigenvalue weighted by Crippen LogP contribution is 2.19. The largest absolute Gasteiger partial charge is 0.507 e. The van der Waals surface area contributed by atoms with E-state index in [1.807, 2.05) is 24.3 Å². The molecule has 0 aliphatic rings. The van der Waals surface area contributed by atoms with Gasteiger partial charge >= 0.3 is 11.9 Å². The average Bonchev–Trinajstić information content (AvgIpc) is 3.12. The number of pyridine rings is 2. The summed E-state index contributed by atoms with van der Waals surface area (Å²) in [4.78, 5) is 37.6. The summed E-state index contributed by atoms with van der Waals surface area (Å²) in [5.41, 5.74) is 5.26. The number of hydrogen-bond donors (Lipinski definition) is 4. The van der Waals surface area contributed by atoms with Crippen LogP contribution in [0.25, 0.3) is 11.1 Å². The van der Waals surface area contributed by atoms with E-state index in [1.165, 1.54) is 47.8 Å². The minimum atomic E-state index is -0.966. The van der Waals surface area contributed by atoms with E-state index in [-0.39, 0.29) is 22.6 Å². The molecule has 10 heteroatoms. The van der Waals surface area contributed by atoms with Crippen LogP contribution in [0.5, 0.6) is 11.5 Å². The molecule has 2 aromatic heterocycles. The van der Waals surface area contributed by atoms with E-state index in [4.69, 9.17) is 10.2 Å². The lowest BCUT2D eigenvalue weighted by molar-refractivity contribution is 0.0686. The van der Waals surface area contributed by atoms with Gasteiger partial charge in [-0.05, 0) is 108 Å². The molecule has 2 heterocycles. The van der Waals surface area contributed by atoms with Crippen LogP contribution in [0.15, 0.2) is 156 Å². The van der Waals surface area contributed by atoms with Gasteiger partial charge in [-0.2, -0.15) is 0 Å². The molecule has 0 aliphatic heterocycles. The molecule has 0 saturated carbocycles. The molecule has 6 rings (SSSR count). The molecule has 0 bridgehead atoms. The first-order valence-electron chi connectivity index (χ1n) is 14.4. The molecule has 0 unspecified atom stereocenters. The van der Waals surface area contributed by atoms with Gasteiger partial charge in [0.25, 0.3) is 0 Å². The van der Waals surface area contributed by atoms with Gasteiger partial charge in [-0.15, -0.1) is 0 Å². The molecule has 4 N–H and O–H groups in total. The number of phenols is 2. The van der Waals surface area contributed by atoms with Crippen LogP contribution in [0.3, 0.4) is 0 Å². The second-order valence-electron chi connectivity index (χ2n) is 9.81. The monoisotopic (exact) mass is 638 g/mol. The van der Waals surface area contributed by atoms with Crippen LogP contribution in [-0.2, 0) is 0 Å². The van der Waals surface area contributed by atoms with E-state index in [2.05, 4.69) is 20.0 Å². The van der Waals surface area contributed by atoms with Gasteiger partial charge in [0.1, 0.15) is 11.5 Å². The summed E-state index contributed by atoms with van der Waals surface area (Å²) in [5.74, 6) is -1.62. The summed E-state index contributed by atoms with van der Waals surface area (Å²) in [5, 5.41) is 36.6. The topological polar surface area (TPSA) is 166 Å². The van der Waals surface area contributed by atoms with Crippen molar-refractivity contribution in [2.24, 2.45) is 9.98 Å². The van der Waals surface area contributed by atoms with Crippen LogP contribution >= 0.6 is 0 Å². The van der Waals surface area contributed by atoms with Gasteiger partial charge in [-0.25, -0.2) is 9.59 Å². The predicted octanol–water partition coefficient (Wildman–Crippen LogP) is 7.83. The first kappa shape index (κ1) is 33.9. The number of hydrogen-bond acceptors (Lipinski definition) is 8. The van der Waals surface area contributed by atoms with E-state index < -0.39 is 11.9 Å². The van der Waals surface area contributed by atoms with Gasteiger partial charge in [0.2, 0.25) is 0 Å². The maximum Gasteiger partial charge on any atom is 0.335 e. The maximum absolute atomic E-state index is 10.7. The number of carbonyl (C=O) groups is 2. The third kappa shape index (κ3) is 10.6. The van der Waals surface area contributed by atoms with E-state index in [1.54, 1.807) is 97.6 Å². The van der Waals surface area contributed by atoms with Crippen LogP contribution in [0.4, 0.5) is 11.4 Å². The van der Waals surface area contributed by atoms with E-state index in [0.717, 1.165) is 0 Å². The number of carboxylic acid groups (broad SMARTS) is 2. The van der Waals surface area contributed by atoms with Crippen molar-refractivity contribution in [2.75, 3.05) is 0 Å². The minimum absolute atomic E-state index is 0.156. The Hall–Kier alpha value is -6.94. The molecular weight excluding hydrogens is 608 g/mol. The Bertz CT molecular complexity index is 1830. The number of aromatic hydroxyl groups is 2. The summed E-state index contributed by atoms with van der Waals surface area (Å²) in [6.07, 6.45) is 10.2. The Morgan fingerprint density at radius 2 is 0.812 bits per heavy atom. The fraction of sp³-hybridized carbons (Fsp3) is 0. The number of rotatable bonds is 7. The minimum Gasteiger partial charge on any atom is -0.507 e. The van der Waals surface area contributed by atoms with Crippen LogP contribution in [0.1, 0.15) is 31.8 Å². The molecule has 0 amide bonds. The Morgan fingerprint density at radius 3 is 1.12 bits per heavy atom. The van der Waals surface area contributed by atoms with Crippen LogP contribution in [-0.4, -0.2) is 54.8 Å². The summed E-state index contributed by atoms with van der Waals surface area (Å²) in [6.45, 7) is 0. The molecule has 0 spiro atoms. The Balaban J connectivity index is 0.000000166. The Labute approximate surface area is 276 Å². The average molecular weight is 639 g/mol. The van der Waals surface area contributed by atoms with Gasteiger partial charge in [0.05, 0.1) is 22.5 Å². The Kier molecular flexibility index (Phi) is 12.4.